The molecule has 0 radical (unpaired) electrons. The van der Waals surface area contributed by atoms with Crippen LogP contribution in [-0.4, -0.2) is 42.4 Å². The molecule has 0 spiro atoms. The lowest BCUT2D eigenvalue weighted by atomic mass is 10.1. The summed E-state index contributed by atoms with van der Waals surface area (Å²) in [5.74, 6) is 7.45. The molecule has 4 nitrogen and oxygen atoms in total. The normalized spacial score (nSPS) is 13.1. The molecule has 0 saturated heterocycles. The molecular weight excluding hydrogens is 386 g/mol. The second-order valence-corrected chi connectivity index (χ2v) is 7.51. The van der Waals surface area contributed by atoms with E-state index in [0.717, 1.165) is 24.2 Å². The highest BCUT2D eigenvalue weighted by atomic mass is 16.5. The molecule has 0 unspecified atom stereocenters. The van der Waals surface area contributed by atoms with Crippen molar-refractivity contribution in [3.05, 3.63) is 77.9 Å². The van der Waals surface area contributed by atoms with Crippen LogP contribution in [-0.2, 0) is 17.9 Å². The lowest BCUT2D eigenvalue weighted by Crippen LogP contribution is -2.42. The molecule has 0 aliphatic heterocycles. The van der Waals surface area contributed by atoms with Gasteiger partial charge < -0.3 is 14.6 Å². The summed E-state index contributed by atoms with van der Waals surface area (Å²) in [6, 6.07) is 18.2. The van der Waals surface area contributed by atoms with Crippen LogP contribution in [0.3, 0.4) is 0 Å². The average Bonchev–Trinajstić information content (AvgIpc) is 2.82. The fraction of sp³-hybridized carbons (Fsp3) is 0.407. The summed E-state index contributed by atoms with van der Waals surface area (Å²) in [5, 5.41) is 9.87. The largest absolute Gasteiger partial charge is 0.497 e. The van der Waals surface area contributed by atoms with E-state index in [0.29, 0.717) is 19.8 Å². The summed E-state index contributed by atoms with van der Waals surface area (Å²) in [6.07, 6.45) is 6.07. The van der Waals surface area contributed by atoms with E-state index in [4.69, 9.17) is 9.47 Å². The maximum Gasteiger partial charge on any atom is 0.118 e. The number of hydrogen-bond acceptors (Lipinski definition) is 4. The maximum atomic E-state index is 9.87. The van der Waals surface area contributed by atoms with Crippen molar-refractivity contribution in [1.29, 1.82) is 0 Å². The highest BCUT2D eigenvalue weighted by Gasteiger charge is 2.21. The van der Waals surface area contributed by atoms with Gasteiger partial charge in [0.15, 0.2) is 0 Å². The van der Waals surface area contributed by atoms with Crippen LogP contribution in [0.1, 0.15) is 37.8 Å². The Morgan fingerprint density at radius 2 is 1.81 bits per heavy atom. The van der Waals surface area contributed by atoms with Crippen molar-refractivity contribution in [2.75, 3.05) is 20.3 Å². The Balaban J connectivity index is 2.07. The minimum Gasteiger partial charge on any atom is -0.497 e. The van der Waals surface area contributed by atoms with Gasteiger partial charge in [0.1, 0.15) is 12.4 Å². The quantitative estimate of drug-likeness (QED) is 0.303. The van der Waals surface area contributed by atoms with Crippen LogP contribution in [0.5, 0.6) is 5.75 Å². The lowest BCUT2D eigenvalue weighted by molar-refractivity contribution is 0.103. The van der Waals surface area contributed by atoms with E-state index < -0.39 is 0 Å². The molecule has 0 amide bonds. The molecule has 0 aliphatic rings. The minimum atomic E-state index is -0.00255. The molecule has 2 aromatic rings. The van der Waals surface area contributed by atoms with Crippen LogP contribution in [0.25, 0.3) is 0 Å². The van der Waals surface area contributed by atoms with Gasteiger partial charge in [0.25, 0.3) is 0 Å². The number of methoxy groups -OCH3 is 1. The summed E-state index contributed by atoms with van der Waals surface area (Å²) < 4.78 is 11.0. The highest BCUT2D eigenvalue weighted by molar-refractivity contribution is 5.27. The Kier molecular flexibility index (Phi) is 11.5. The number of ether oxygens (including phenoxy) is 2. The van der Waals surface area contributed by atoms with E-state index in [1.165, 1.54) is 5.56 Å². The third-order valence-electron chi connectivity index (χ3n) is 5.15. The Morgan fingerprint density at radius 3 is 2.45 bits per heavy atom. The SMILES string of the molecule is C/C=C\CC[C@H](C#CCOCc1ccccc1)N(Cc1ccc(OC)cc1)[C@@H](C)CO. The van der Waals surface area contributed by atoms with Crippen molar-refractivity contribution in [2.24, 2.45) is 0 Å². The molecule has 31 heavy (non-hydrogen) atoms. The van der Waals surface area contributed by atoms with Gasteiger partial charge >= 0.3 is 0 Å². The standard InChI is InChI=1S/C27H35NO3/c1-4-5-7-13-26(14-10-19-31-22-25-11-8-6-9-12-25)28(23(2)21-29)20-24-15-17-27(30-3)18-16-24/h4-6,8-9,11-12,15-18,23,26,29H,7,13,19-22H2,1-3H3/b5-4-/t23-,26+/m0/s1. The third kappa shape index (κ3) is 8.98. The summed E-state index contributed by atoms with van der Waals surface area (Å²) in [6.45, 7) is 5.82. The number of rotatable bonds is 12. The second kappa shape index (κ2) is 14.4. The molecule has 0 heterocycles. The summed E-state index contributed by atoms with van der Waals surface area (Å²) in [5.41, 5.74) is 2.31. The Morgan fingerprint density at radius 1 is 1.06 bits per heavy atom. The highest BCUT2D eigenvalue weighted by Crippen LogP contribution is 2.18. The van der Waals surface area contributed by atoms with E-state index in [1.54, 1.807) is 7.11 Å². The predicted molar refractivity (Wildman–Crippen MR) is 127 cm³/mol. The Labute approximate surface area is 187 Å². The van der Waals surface area contributed by atoms with Gasteiger partial charge in [0.2, 0.25) is 0 Å². The van der Waals surface area contributed by atoms with Crippen LogP contribution in [0.15, 0.2) is 66.7 Å². The van der Waals surface area contributed by atoms with Crippen LogP contribution in [0.2, 0.25) is 0 Å². The van der Waals surface area contributed by atoms with Crippen molar-refractivity contribution in [1.82, 2.24) is 4.90 Å². The van der Waals surface area contributed by atoms with Crippen molar-refractivity contribution >= 4 is 0 Å². The van der Waals surface area contributed by atoms with Gasteiger partial charge in [-0.05, 0) is 49.9 Å². The van der Waals surface area contributed by atoms with E-state index in [1.807, 2.05) is 56.3 Å². The second-order valence-electron chi connectivity index (χ2n) is 7.51. The summed E-state index contributed by atoms with van der Waals surface area (Å²) in [4.78, 5) is 2.27. The molecule has 2 aromatic carbocycles. The van der Waals surface area contributed by atoms with Crippen LogP contribution >= 0.6 is 0 Å². The van der Waals surface area contributed by atoms with Crippen molar-refractivity contribution in [3.63, 3.8) is 0 Å². The Bertz CT molecular complexity index is 821. The first-order chi connectivity index (χ1) is 15.2. The van der Waals surface area contributed by atoms with Gasteiger partial charge in [0.05, 0.1) is 26.4 Å². The number of aliphatic hydroxyl groups is 1. The fourth-order valence-electron chi connectivity index (χ4n) is 3.32. The predicted octanol–water partition coefficient (Wildman–Crippen LogP) is 4.82. The molecule has 2 rings (SSSR count). The molecular formula is C27H35NO3. The lowest BCUT2D eigenvalue weighted by Gasteiger charge is -2.33. The van der Waals surface area contributed by atoms with Gasteiger partial charge in [-0.1, -0.05) is 66.5 Å². The van der Waals surface area contributed by atoms with Gasteiger partial charge in [-0.2, -0.15) is 0 Å². The topological polar surface area (TPSA) is 41.9 Å². The minimum absolute atomic E-state index is 0.00255. The molecule has 0 bridgehead atoms. The zero-order valence-corrected chi connectivity index (χ0v) is 19.0. The van der Waals surface area contributed by atoms with Gasteiger partial charge in [-0.25, -0.2) is 0 Å². The molecule has 1 N–H and O–H groups in total. The Hall–Kier alpha value is -2.58. The van der Waals surface area contributed by atoms with Crippen molar-refractivity contribution in [3.8, 4) is 17.6 Å². The summed E-state index contributed by atoms with van der Waals surface area (Å²) >= 11 is 0. The van der Waals surface area contributed by atoms with Crippen molar-refractivity contribution in [2.45, 2.75) is 51.9 Å². The number of nitrogens with zero attached hydrogens (tertiary/aromatic N) is 1. The zero-order valence-electron chi connectivity index (χ0n) is 19.0. The maximum absolute atomic E-state index is 9.87. The number of hydrogen-bond donors (Lipinski definition) is 1. The van der Waals surface area contributed by atoms with E-state index in [-0.39, 0.29) is 18.7 Å². The average molecular weight is 422 g/mol. The monoisotopic (exact) mass is 421 g/mol. The van der Waals surface area contributed by atoms with Gasteiger partial charge in [-0.15, -0.1) is 0 Å². The van der Waals surface area contributed by atoms with Crippen LogP contribution in [0, 0.1) is 11.8 Å². The van der Waals surface area contributed by atoms with Crippen LogP contribution < -0.4 is 4.74 Å². The van der Waals surface area contributed by atoms with Gasteiger partial charge in [0, 0.05) is 12.6 Å². The number of benzene rings is 2. The molecule has 166 valence electrons. The fourth-order valence-corrected chi connectivity index (χ4v) is 3.32. The number of allylic oxidation sites excluding steroid dienone is 2. The first-order valence-corrected chi connectivity index (χ1v) is 10.9. The molecule has 0 aromatic heterocycles. The zero-order chi connectivity index (χ0) is 22.3. The molecule has 4 heteroatoms. The smallest absolute Gasteiger partial charge is 0.118 e. The van der Waals surface area contributed by atoms with Crippen molar-refractivity contribution < 1.29 is 14.6 Å². The first-order valence-electron chi connectivity index (χ1n) is 10.9. The first kappa shape index (κ1) is 24.7. The molecule has 2 atom stereocenters. The third-order valence-corrected chi connectivity index (χ3v) is 5.15. The van der Waals surface area contributed by atoms with E-state index >= 15 is 0 Å². The van der Waals surface area contributed by atoms with Gasteiger partial charge in [-0.3, -0.25) is 4.90 Å². The van der Waals surface area contributed by atoms with E-state index in [9.17, 15) is 5.11 Å². The van der Waals surface area contributed by atoms with E-state index in [2.05, 4.69) is 41.0 Å². The van der Waals surface area contributed by atoms with Crippen LogP contribution in [0.4, 0.5) is 0 Å². The summed E-state index contributed by atoms with van der Waals surface area (Å²) in [7, 11) is 1.67. The molecule has 0 aliphatic carbocycles. The molecule has 0 fully saturated rings. The molecule has 0 saturated carbocycles. The number of aliphatic hydroxyl groups excluding tert-OH is 1.